The van der Waals surface area contributed by atoms with E-state index in [0.29, 0.717) is 9.15 Å². The van der Waals surface area contributed by atoms with Crippen molar-refractivity contribution in [2.45, 2.75) is 92.6 Å². The number of hydrogen-bond acceptors (Lipinski definition) is 0. The number of rotatable bonds is 1. The summed E-state index contributed by atoms with van der Waals surface area (Å²) in [5.41, 5.74) is 0. The second-order valence-electron chi connectivity index (χ2n) is 6.39. The summed E-state index contributed by atoms with van der Waals surface area (Å²) in [6.07, 6.45) is 18.7. The van der Waals surface area contributed by atoms with Crippen molar-refractivity contribution in [2.75, 3.05) is 0 Å². The first kappa shape index (κ1) is 15.4. The zero-order chi connectivity index (χ0) is 12.8. The lowest BCUT2D eigenvalue weighted by Crippen LogP contribution is -2.41. The molecule has 2 atom stereocenters. The van der Waals surface area contributed by atoms with Crippen LogP contribution in [0.1, 0.15) is 83.5 Å². The zero-order valence-electron chi connectivity index (χ0n) is 11.6. The molecule has 0 aromatic rings. The summed E-state index contributed by atoms with van der Waals surface area (Å²) in [5.74, 6) is 0.903. The van der Waals surface area contributed by atoms with Crippen molar-refractivity contribution in [3.05, 3.63) is 0 Å². The third-order valence-electron chi connectivity index (χ3n) is 5.07. The molecule has 2 rings (SSSR count). The average molecular weight is 380 g/mol. The molecule has 0 bridgehead atoms. The molecule has 0 spiro atoms. The Kier molecular flexibility index (Phi) is 6.54. The first-order chi connectivity index (χ1) is 8.73. The first-order valence-corrected chi connectivity index (χ1v) is 9.77. The maximum absolute atomic E-state index is 4.22. The minimum absolute atomic E-state index is 0.394. The molecule has 2 aliphatic carbocycles. The highest BCUT2D eigenvalue weighted by molar-refractivity contribution is 9.12. The van der Waals surface area contributed by atoms with E-state index < -0.39 is 0 Å². The molecule has 2 aliphatic rings. The van der Waals surface area contributed by atoms with E-state index in [1.54, 1.807) is 0 Å². The number of halogens is 2. The molecule has 106 valence electrons. The van der Waals surface area contributed by atoms with Gasteiger partial charge in [0.1, 0.15) is 0 Å². The van der Waals surface area contributed by atoms with Crippen molar-refractivity contribution in [1.82, 2.24) is 0 Å². The Bertz CT molecular complexity index is 233. The fraction of sp³-hybridized carbons (Fsp3) is 1.00. The Hall–Kier alpha value is 0.960. The van der Waals surface area contributed by atoms with Gasteiger partial charge in [0.2, 0.25) is 0 Å². The standard InChI is InChI=1S/C16H28Br2/c17-15-12-8-4-5-9-13-16(15,18)14-10-6-2-1-3-7-11-14/h14-15H,1-13H2. The zero-order valence-corrected chi connectivity index (χ0v) is 14.8. The maximum Gasteiger partial charge on any atom is 0.0410 e. The molecule has 2 saturated carbocycles. The smallest absolute Gasteiger partial charge is 0.0410 e. The summed E-state index contributed by atoms with van der Waals surface area (Å²) in [7, 11) is 0. The van der Waals surface area contributed by atoms with Gasteiger partial charge in [0.15, 0.2) is 0 Å². The summed E-state index contributed by atoms with van der Waals surface area (Å²) >= 11 is 8.25. The fourth-order valence-electron chi connectivity index (χ4n) is 3.87. The van der Waals surface area contributed by atoms with E-state index in [-0.39, 0.29) is 0 Å². The van der Waals surface area contributed by atoms with Crippen LogP contribution in [0.4, 0.5) is 0 Å². The Labute approximate surface area is 130 Å². The molecule has 0 saturated heterocycles. The third-order valence-corrected chi connectivity index (χ3v) is 8.56. The van der Waals surface area contributed by atoms with Gasteiger partial charge < -0.3 is 0 Å². The van der Waals surface area contributed by atoms with Crippen LogP contribution in [0, 0.1) is 5.92 Å². The van der Waals surface area contributed by atoms with Crippen LogP contribution in [0.3, 0.4) is 0 Å². The first-order valence-electron chi connectivity index (χ1n) is 8.06. The van der Waals surface area contributed by atoms with Crippen molar-refractivity contribution in [3.8, 4) is 0 Å². The molecule has 0 aromatic carbocycles. The van der Waals surface area contributed by atoms with Gasteiger partial charge in [-0.15, -0.1) is 0 Å². The quantitative estimate of drug-likeness (QED) is 0.450. The molecule has 2 fully saturated rings. The van der Waals surface area contributed by atoms with Gasteiger partial charge in [-0.25, -0.2) is 0 Å². The van der Waals surface area contributed by atoms with Gasteiger partial charge >= 0.3 is 0 Å². The van der Waals surface area contributed by atoms with Crippen molar-refractivity contribution >= 4 is 31.9 Å². The van der Waals surface area contributed by atoms with Gasteiger partial charge in [-0.2, -0.15) is 0 Å². The molecule has 0 aromatic heterocycles. The fourth-order valence-corrected chi connectivity index (χ4v) is 5.76. The largest absolute Gasteiger partial charge is 0.0875 e. The van der Waals surface area contributed by atoms with Crippen LogP contribution >= 0.6 is 31.9 Å². The van der Waals surface area contributed by atoms with Crippen molar-refractivity contribution in [3.63, 3.8) is 0 Å². The molecule has 0 N–H and O–H groups in total. The van der Waals surface area contributed by atoms with E-state index in [0.717, 1.165) is 5.92 Å². The molecule has 18 heavy (non-hydrogen) atoms. The van der Waals surface area contributed by atoms with Crippen LogP contribution in [-0.2, 0) is 0 Å². The highest BCUT2D eigenvalue weighted by atomic mass is 79.9. The number of alkyl halides is 2. The summed E-state index contributed by atoms with van der Waals surface area (Å²) in [6, 6.07) is 0. The van der Waals surface area contributed by atoms with E-state index in [4.69, 9.17) is 0 Å². The van der Waals surface area contributed by atoms with Crippen LogP contribution in [0.2, 0.25) is 0 Å². The highest BCUT2D eigenvalue weighted by Crippen LogP contribution is 2.48. The second-order valence-corrected chi connectivity index (χ2v) is 8.97. The minimum Gasteiger partial charge on any atom is -0.0875 e. The predicted molar refractivity (Wildman–Crippen MR) is 87.9 cm³/mol. The van der Waals surface area contributed by atoms with Gasteiger partial charge in [0.05, 0.1) is 0 Å². The van der Waals surface area contributed by atoms with Gasteiger partial charge in [0.25, 0.3) is 0 Å². The van der Waals surface area contributed by atoms with Crippen molar-refractivity contribution in [2.24, 2.45) is 5.92 Å². The van der Waals surface area contributed by atoms with E-state index >= 15 is 0 Å². The lowest BCUT2D eigenvalue weighted by Gasteiger charge is -2.42. The lowest BCUT2D eigenvalue weighted by atomic mass is 9.75. The van der Waals surface area contributed by atoms with E-state index in [2.05, 4.69) is 31.9 Å². The SMILES string of the molecule is BrC1CCCCCCC1(Br)C1CCCCCCC1. The summed E-state index contributed by atoms with van der Waals surface area (Å²) < 4.78 is 0.394. The van der Waals surface area contributed by atoms with E-state index in [1.165, 1.54) is 83.5 Å². The normalized spacial score (nSPS) is 37.3. The Morgan fingerprint density at radius 1 is 0.667 bits per heavy atom. The minimum atomic E-state index is 0.394. The average Bonchev–Trinajstić information content (AvgIpc) is 2.30. The monoisotopic (exact) mass is 378 g/mol. The Morgan fingerprint density at radius 3 is 1.83 bits per heavy atom. The molecule has 2 unspecified atom stereocenters. The Morgan fingerprint density at radius 2 is 1.17 bits per heavy atom. The molecule has 2 heteroatoms. The summed E-state index contributed by atoms with van der Waals surface area (Å²) in [4.78, 5) is 0.690. The van der Waals surface area contributed by atoms with Gasteiger partial charge in [-0.1, -0.05) is 89.6 Å². The third kappa shape index (κ3) is 3.98. The van der Waals surface area contributed by atoms with Crippen LogP contribution in [0.15, 0.2) is 0 Å². The highest BCUT2D eigenvalue weighted by Gasteiger charge is 2.41. The molecular weight excluding hydrogens is 352 g/mol. The molecule has 0 aliphatic heterocycles. The molecule has 0 nitrogen and oxygen atoms in total. The van der Waals surface area contributed by atoms with Crippen LogP contribution < -0.4 is 0 Å². The maximum atomic E-state index is 4.22. The van der Waals surface area contributed by atoms with E-state index in [9.17, 15) is 0 Å². The van der Waals surface area contributed by atoms with Crippen molar-refractivity contribution in [1.29, 1.82) is 0 Å². The molecular formula is C16H28Br2. The van der Waals surface area contributed by atoms with Crippen LogP contribution in [-0.4, -0.2) is 9.15 Å². The summed E-state index contributed by atoms with van der Waals surface area (Å²) in [6.45, 7) is 0. The van der Waals surface area contributed by atoms with Crippen molar-refractivity contribution < 1.29 is 0 Å². The molecule has 0 amide bonds. The molecule has 0 heterocycles. The number of hydrogen-bond donors (Lipinski definition) is 0. The van der Waals surface area contributed by atoms with Crippen LogP contribution in [0.5, 0.6) is 0 Å². The lowest BCUT2D eigenvalue weighted by molar-refractivity contribution is 0.266. The predicted octanol–water partition coefficient (Wildman–Crippen LogP) is 6.60. The van der Waals surface area contributed by atoms with Crippen LogP contribution in [0.25, 0.3) is 0 Å². The topological polar surface area (TPSA) is 0 Å². The molecule has 0 radical (unpaired) electrons. The van der Waals surface area contributed by atoms with Gasteiger partial charge in [-0.3, -0.25) is 0 Å². The summed E-state index contributed by atoms with van der Waals surface area (Å²) in [5, 5.41) is 0. The Balaban J connectivity index is 2.03. The van der Waals surface area contributed by atoms with Gasteiger partial charge in [0, 0.05) is 9.15 Å². The van der Waals surface area contributed by atoms with E-state index in [1.807, 2.05) is 0 Å². The van der Waals surface area contributed by atoms with Gasteiger partial charge in [-0.05, 0) is 31.6 Å². The second kappa shape index (κ2) is 7.67.